The highest BCUT2D eigenvalue weighted by atomic mass is 19.1. The maximum absolute atomic E-state index is 15.0. The maximum Gasteiger partial charge on any atom is 0.131 e. The minimum absolute atomic E-state index is 0.0805. The van der Waals surface area contributed by atoms with Gasteiger partial charge in [-0.2, -0.15) is 0 Å². The molecule has 0 unspecified atom stereocenters. The highest BCUT2D eigenvalue weighted by molar-refractivity contribution is 5.65. The number of aryl methyl sites for hydroxylation is 3. The first-order valence-electron chi connectivity index (χ1n) is 12.6. The Morgan fingerprint density at radius 3 is 2.00 bits per heavy atom. The molecule has 1 fully saturated rings. The summed E-state index contributed by atoms with van der Waals surface area (Å²) in [4.78, 5) is 0. The average molecular weight is 429 g/mol. The fourth-order valence-electron chi connectivity index (χ4n) is 5.19. The molecule has 0 aliphatic heterocycles. The lowest BCUT2D eigenvalue weighted by Crippen LogP contribution is -2.13. The highest BCUT2D eigenvalue weighted by Gasteiger charge is 2.22. The predicted octanol–water partition coefficient (Wildman–Crippen LogP) is 9.05. The van der Waals surface area contributed by atoms with E-state index in [1.807, 2.05) is 6.07 Å². The lowest BCUT2D eigenvalue weighted by Gasteiger charge is -2.29. The number of unbranched alkanes of at least 4 members (excludes halogenated alkanes) is 1. The Bertz CT molecular complexity index is 976. The van der Waals surface area contributed by atoms with Crippen LogP contribution in [0.4, 0.5) is 4.39 Å². The minimum atomic E-state index is -0.0805. The smallest absolute Gasteiger partial charge is 0.131 e. The average Bonchev–Trinajstić information content (AvgIpc) is 2.83. The Kier molecular flexibility index (Phi) is 7.79. The van der Waals surface area contributed by atoms with Crippen LogP contribution in [0.1, 0.15) is 80.0 Å². The lowest BCUT2D eigenvalue weighted by molar-refractivity contribution is 0.304. The van der Waals surface area contributed by atoms with Crippen molar-refractivity contribution in [2.75, 3.05) is 0 Å². The summed E-state index contributed by atoms with van der Waals surface area (Å²) < 4.78 is 15.0. The Morgan fingerprint density at radius 2 is 1.41 bits per heavy atom. The summed E-state index contributed by atoms with van der Waals surface area (Å²) in [7, 11) is 0. The van der Waals surface area contributed by atoms with E-state index in [0.29, 0.717) is 5.92 Å². The number of hydrogen-bond donors (Lipinski definition) is 0. The van der Waals surface area contributed by atoms with Crippen molar-refractivity contribution in [3.8, 4) is 11.1 Å². The van der Waals surface area contributed by atoms with Crippen LogP contribution in [0.5, 0.6) is 0 Å². The molecule has 1 heteroatoms. The first-order valence-corrected chi connectivity index (χ1v) is 12.6. The third-order valence-electron chi connectivity index (χ3n) is 7.37. The standard InChI is InChI=1S/C31H37F/c1-3-4-5-24-12-16-27(17-13-24)29-20-21-30(31(32)22-29)28-18-14-26(15-19-28)11-10-25-8-6-23(2)7-9-25/h6-9,14-15,18-22,24,27H,3-5,10-13,16-17H2,1-2H3/t24-,27-. The largest absolute Gasteiger partial charge is 0.206 e. The molecule has 4 rings (SSSR count). The third-order valence-corrected chi connectivity index (χ3v) is 7.37. The summed E-state index contributed by atoms with van der Waals surface area (Å²) in [5.74, 6) is 1.34. The van der Waals surface area contributed by atoms with Crippen molar-refractivity contribution in [1.82, 2.24) is 0 Å². The summed E-state index contributed by atoms with van der Waals surface area (Å²) in [6, 6.07) is 23.2. The van der Waals surface area contributed by atoms with Crippen LogP contribution >= 0.6 is 0 Å². The highest BCUT2D eigenvalue weighted by Crippen LogP contribution is 2.38. The van der Waals surface area contributed by atoms with Gasteiger partial charge >= 0.3 is 0 Å². The molecule has 1 aliphatic carbocycles. The van der Waals surface area contributed by atoms with E-state index in [4.69, 9.17) is 0 Å². The van der Waals surface area contributed by atoms with E-state index in [1.165, 1.54) is 67.2 Å². The van der Waals surface area contributed by atoms with E-state index in [0.717, 1.165) is 29.9 Å². The second-order valence-electron chi connectivity index (χ2n) is 9.78. The second-order valence-corrected chi connectivity index (χ2v) is 9.78. The Labute approximate surface area is 193 Å². The lowest BCUT2D eigenvalue weighted by atomic mass is 9.77. The van der Waals surface area contributed by atoms with E-state index < -0.39 is 0 Å². The van der Waals surface area contributed by atoms with Crippen LogP contribution in [-0.4, -0.2) is 0 Å². The first-order chi connectivity index (χ1) is 15.6. The summed E-state index contributed by atoms with van der Waals surface area (Å²) in [6.07, 6.45) is 11.1. The van der Waals surface area contributed by atoms with Crippen LogP contribution in [0.25, 0.3) is 11.1 Å². The molecular formula is C31H37F. The van der Waals surface area contributed by atoms with E-state index in [1.54, 1.807) is 6.07 Å². The zero-order chi connectivity index (χ0) is 22.3. The van der Waals surface area contributed by atoms with Gasteiger partial charge in [0.05, 0.1) is 0 Å². The van der Waals surface area contributed by atoms with E-state index in [-0.39, 0.29) is 5.82 Å². The van der Waals surface area contributed by atoms with Crippen molar-refractivity contribution in [3.63, 3.8) is 0 Å². The van der Waals surface area contributed by atoms with Gasteiger partial charge in [-0.15, -0.1) is 0 Å². The summed E-state index contributed by atoms with van der Waals surface area (Å²) in [5, 5.41) is 0. The number of benzene rings is 3. The van der Waals surface area contributed by atoms with E-state index >= 15 is 4.39 Å². The van der Waals surface area contributed by atoms with Gasteiger partial charge in [-0.1, -0.05) is 92.4 Å². The molecule has 32 heavy (non-hydrogen) atoms. The van der Waals surface area contributed by atoms with Crippen LogP contribution in [0, 0.1) is 18.7 Å². The molecule has 168 valence electrons. The predicted molar refractivity (Wildman–Crippen MR) is 135 cm³/mol. The van der Waals surface area contributed by atoms with Gasteiger partial charge in [0.2, 0.25) is 0 Å². The Balaban J connectivity index is 1.36. The fourth-order valence-corrected chi connectivity index (χ4v) is 5.19. The quantitative estimate of drug-likeness (QED) is 0.336. The van der Waals surface area contributed by atoms with Gasteiger partial charge < -0.3 is 0 Å². The molecule has 0 nitrogen and oxygen atoms in total. The summed E-state index contributed by atoms with van der Waals surface area (Å²) in [5.41, 5.74) is 6.83. The normalized spacial score (nSPS) is 18.6. The van der Waals surface area contributed by atoms with Gasteiger partial charge in [0, 0.05) is 5.56 Å². The molecule has 0 bridgehead atoms. The molecule has 3 aromatic carbocycles. The maximum atomic E-state index is 15.0. The number of rotatable bonds is 8. The van der Waals surface area contributed by atoms with Crippen LogP contribution in [-0.2, 0) is 12.8 Å². The van der Waals surface area contributed by atoms with Gasteiger partial charge in [0.25, 0.3) is 0 Å². The van der Waals surface area contributed by atoms with Crippen LogP contribution < -0.4 is 0 Å². The van der Waals surface area contributed by atoms with Gasteiger partial charge in [-0.3, -0.25) is 0 Å². The van der Waals surface area contributed by atoms with Crippen LogP contribution in [0.15, 0.2) is 66.7 Å². The topological polar surface area (TPSA) is 0 Å². The molecule has 0 amide bonds. The van der Waals surface area contributed by atoms with Crippen molar-refractivity contribution in [2.45, 2.75) is 77.6 Å². The molecule has 0 saturated heterocycles. The Morgan fingerprint density at radius 1 is 0.781 bits per heavy atom. The molecule has 3 aromatic rings. The molecule has 0 atom stereocenters. The molecule has 1 aliphatic rings. The summed E-state index contributed by atoms with van der Waals surface area (Å²) >= 11 is 0. The van der Waals surface area contributed by atoms with Crippen molar-refractivity contribution in [3.05, 3.63) is 94.8 Å². The molecule has 1 saturated carbocycles. The fraction of sp³-hybridized carbons (Fsp3) is 0.419. The number of halogens is 1. The van der Waals surface area contributed by atoms with Crippen molar-refractivity contribution < 1.29 is 4.39 Å². The first kappa shape index (κ1) is 22.8. The molecule has 0 spiro atoms. The molecule has 0 aromatic heterocycles. The third kappa shape index (κ3) is 5.88. The minimum Gasteiger partial charge on any atom is -0.206 e. The molecule has 0 heterocycles. The van der Waals surface area contributed by atoms with Gasteiger partial charge in [0.1, 0.15) is 5.82 Å². The molecular weight excluding hydrogens is 391 g/mol. The molecule has 0 radical (unpaired) electrons. The summed E-state index contributed by atoms with van der Waals surface area (Å²) in [6.45, 7) is 4.39. The molecule has 0 N–H and O–H groups in total. The van der Waals surface area contributed by atoms with Gasteiger partial charge in [0.15, 0.2) is 0 Å². The monoisotopic (exact) mass is 428 g/mol. The van der Waals surface area contributed by atoms with Crippen LogP contribution in [0.2, 0.25) is 0 Å². The van der Waals surface area contributed by atoms with E-state index in [2.05, 4.69) is 68.4 Å². The van der Waals surface area contributed by atoms with Crippen molar-refractivity contribution in [1.29, 1.82) is 0 Å². The van der Waals surface area contributed by atoms with Crippen LogP contribution in [0.3, 0.4) is 0 Å². The van der Waals surface area contributed by atoms with E-state index in [9.17, 15) is 0 Å². The number of hydrogen-bond acceptors (Lipinski definition) is 0. The van der Waals surface area contributed by atoms with Gasteiger partial charge in [-0.25, -0.2) is 4.39 Å². The second kappa shape index (κ2) is 10.9. The Hall–Kier alpha value is -2.41. The zero-order valence-corrected chi connectivity index (χ0v) is 19.7. The van der Waals surface area contributed by atoms with Crippen molar-refractivity contribution >= 4 is 0 Å². The SMILES string of the molecule is CCCC[C@H]1CC[C@H](c2ccc(-c3ccc(CCc4ccc(C)cc4)cc3)c(F)c2)CC1. The zero-order valence-electron chi connectivity index (χ0n) is 19.7. The van der Waals surface area contributed by atoms with Gasteiger partial charge in [-0.05, 0) is 85.6 Å². The van der Waals surface area contributed by atoms with Crippen molar-refractivity contribution in [2.24, 2.45) is 5.92 Å².